The second-order valence-electron chi connectivity index (χ2n) is 7.45. The average Bonchev–Trinajstić information content (AvgIpc) is 3.41. The number of rotatable bonds is 6. The van der Waals surface area contributed by atoms with Crippen molar-refractivity contribution < 1.29 is 24.2 Å². The fraction of sp³-hybridized carbons (Fsp3) is 0.200. The van der Waals surface area contributed by atoms with Crippen molar-refractivity contribution in [1.29, 1.82) is 0 Å². The van der Waals surface area contributed by atoms with Gasteiger partial charge in [0.25, 0.3) is 11.7 Å². The van der Waals surface area contributed by atoms with Gasteiger partial charge in [0, 0.05) is 10.4 Å². The van der Waals surface area contributed by atoms with Crippen LogP contribution in [0.1, 0.15) is 27.6 Å². The highest BCUT2D eigenvalue weighted by Gasteiger charge is 2.47. The van der Waals surface area contributed by atoms with Crippen molar-refractivity contribution in [3.8, 4) is 11.5 Å². The Labute approximate surface area is 190 Å². The van der Waals surface area contributed by atoms with Gasteiger partial charge in [-0.15, -0.1) is 11.3 Å². The molecule has 0 radical (unpaired) electrons. The molecular formula is C25H23NO5S. The number of benzene rings is 2. The number of aryl methyl sites for hydroxylation is 1. The summed E-state index contributed by atoms with van der Waals surface area (Å²) in [7, 11) is 3.03. The van der Waals surface area contributed by atoms with E-state index in [4.69, 9.17) is 9.47 Å². The Morgan fingerprint density at radius 1 is 1.03 bits per heavy atom. The molecule has 0 saturated carbocycles. The number of aliphatic hydroxyl groups is 1. The molecule has 1 aliphatic heterocycles. The quantitative estimate of drug-likeness (QED) is 0.336. The SMILES string of the molecule is COc1ccc(C)cc1/C(O)=C1\C(=O)C(=O)N(Cc2cccs2)C1c1ccccc1OC. The number of aliphatic hydroxyl groups excluding tert-OH is 1. The maximum atomic E-state index is 13.2. The summed E-state index contributed by atoms with van der Waals surface area (Å²) >= 11 is 1.50. The van der Waals surface area contributed by atoms with Gasteiger partial charge in [-0.1, -0.05) is 35.9 Å². The minimum Gasteiger partial charge on any atom is -0.507 e. The third kappa shape index (κ3) is 3.76. The fourth-order valence-corrected chi connectivity index (χ4v) is 4.68. The molecule has 1 saturated heterocycles. The third-order valence-corrected chi connectivity index (χ3v) is 6.35. The first-order chi connectivity index (χ1) is 15.5. The summed E-state index contributed by atoms with van der Waals surface area (Å²) in [6.07, 6.45) is 0. The van der Waals surface area contributed by atoms with E-state index in [-0.39, 0.29) is 17.9 Å². The zero-order valence-corrected chi connectivity index (χ0v) is 18.8. The molecule has 2 aromatic carbocycles. The molecule has 1 unspecified atom stereocenters. The number of hydrogen-bond donors (Lipinski definition) is 1. The van der Waals surface area contributed by atoms with E-state index in [1.54, 1.807) is 24.3 Å². The number of nitrogens with zero attached hydrogens (tertiary/aromatic N) is 1. The lowest BCUT2D eigenvalue weighted by Crippen LogP contribution is -2.29. The van der Waals surface area contributed by atoms with Crippen LogP contribution in [0.3, 0.4) is 0 Å². The smallest absolute Gasteiger partial charge is 0.295 e. The Bertz CT molecular complexity index is 1200. The number of ether oxygens (including phenoxy) is 2. The summed E-state index contributed by atoms with van der Waals surface area (Å²) in [6, 6.07) is 15.5. The second-order valence-corrected chi connectivity index (χ2v) is 8.48. The summed E-state index contributed by atoms with van der Waals surface area (Å²) in [5, 5.41) is 13.3. The predicted molar refractivity (Wildman–Crippen MR) is 123 cm³/mol. The Morgan fingerprint density at radius 2 is 1.78 bits per heavy atom. The number of likely N-dealkylation sites (tertiary alicyclic amines) is 1. The highest BCUT2D eigenvalue weighted by Crippen LogP contribution is 2.44. The molecule has 1 fully saturated rings. The molecule has 32 heavy (non-hydrogen) atoms. The minimum atomic E-state index is -0.807. The van der Waals surface area contributed by atoms with Gasteiger partial charge in [0.2, 0.25) is 0 Å². The Balaban J connectivity index is 1.95. The Kier molecular flexibility index (Phi) is 6.01. The van der Waals surface area contributed by atoms with Crippen LogP contribution in [0.4, 0.5) is 0 Å². The first-order valence-corrected chi connectivity index (χ1v) is 10.9. The topological polar surface area (TPSA) is 76.1 Å². The predicted octanol–water partition coefficient (Wildman–Crippen LogP) is 4.70. The van der Waals surface area contributed by atoms with Gasteiger partial charge >= 0.3 is 0 Å². The van der Waals surface area contributed by atoms with Crippen LogP contribution in [0.25, 0.3) is 5.76 Å². The van der Waals surface area contributed by atoms with Crippen LogP contribution in [0.15, 0.2) is 65.6 Å². The summed E-state index contributed by atoms with van der Waals surface area (Å²) < 4.78 is 10.9. The van der Waals surface area contributed by atoms with Crippen LogP contribution in [0.5, 0.6) is 11.5 Å². The second kappa shape index (κ2) is 8.88. The van der Waals surface area contributed by atoms with Gasteiger partial charge in [0.1, 0.15) is 17.3 Å². The summed E-state index contributed by atoms with van der Waals surface area (Å²) in [6.45, 7) is 2.12. The van der Waals surface area contributed by atoms with E-state index in [1.165, 1.54) is 30.5 Å². The van der Waals surface area contributed by atoms with Crippen molar-refractivity contribution in [3.05, 3.63) is 87.1 Å². The maximum Gasteiger partial charge on any atom is 0.295 e. The average molecular weight is 450 g/mol. The Morgan fingerprint density at radius 3 is 2.47 bits per heavy atom. The molecule has 0 bridgehead atoms. The number of carbonyl (C=O) groups excluding carboxylic acids is 2. The van der Waals surface area contributed by atoms with E-state index in [2.05, 4.69) is 0 Å². The molecule has 1 amide bonds. The standard InChI is InChI=1S/C25H23NO5S/c1-15-10-11-20(31-3)18(13-15)23(27)21-22(17-8-4-5-9-19(17)30-2)26(25(29)24(21)28)14-16-7-6-12-32-16/h4-13,22,27H,14H2,1-3H3/b23-21+. The first kappa shape index (κ1) is 21.6. The molecule has 164 valence electrons. The zero-order chi connectivity index (χ0) is 22.8. The molecule has 6 nitrogen and oxygen atoms in total. The van der Waals surface area contributed by atoms with Gasteiger partial charge in [-0.25, -0.2) is 0 Å². The molecule has 7 heteroatoms. The van der Waals surface area contributed by atoms with Crippen LogP contribution in [-0.4, -0.2) is 35.9 Å². The van der Waals surface area contributed by atoms with Gasteiger partial charge in [-0.05, 0) is 36.6 Å². The largest absolute Gasteiger partial charge is 0.507 e. The summed E-state index contributed by atoms with van der Waals surface area (Å²) in [5.74, 6) is -0.733. The van der Waals surface area contributed by atoms with Crippen LogP contribution in [0.2, 0.25) is 0 Å². The van der Waals surface area contributed by atoms with E-state index >= 15 is 0 Å². The normalized spacial score (nSPS) is 17.6. The van der Waals surface area contributed by atoms with Crippen molar-refractivity contribution in [2.75, 3.05) is 14.2 Å². The first-order valence-electron chi connectivity index (χ1n) is 10.0. The molecule has 0 spiro atoms. The minimum absolute atomic E-state index is 0.0138. The van der Waals surface area contributed by atoms with Crippen LogP contribution in [0, 0.1) is 6.92 Å². The van der Waals surface area contributed by atoms with Gasteiger partial charge in [0.15, 0.2) is 0 Å². The number of methoxy groups -OCH3 is 2. The Hall–Kier alpha value is -3.58. The van der Waals surface area contributed by atoms with E-state index in [0.717, 1.165) is 10.4 Å². The number of para-hydroxylation sites is 1. The molecule has 1 aromatic heterocycles. The van der Waals surface area contributed by atoms with E-state index < -0.39 is 17.7 Å². The molecule has 2 heterocycles. The van der Waals surface area contributed by atoms with E-state index in [9.17, 15) is 14.7 Å². The van der Waals surface area contributed by atoms with Crippen LogP contribution in [-0.2, 0) is 16.1 Å². The van der Waals surface area contributed by atoms with Crippen LogP contribution < -0.4 is 9.47 Å². The lowest BCUT2D eigenvalue weighted by atomic mass is 9.94. The van der Waals surface area contributed by atoms with Crippen molar-refractivity contribution in [2.45, 2.75) is 19.5 Å². The molecule has 4 rings (SSSR count). The van der Waals surface area contributed by atoms with Gasteiger partial charge in [-0.2, -0.15) is 0 Å². The zero-order valence-electron chi connectivity index (χ0n) is 18.0. The van der Waals surface area contributed by atoms with Crippen molar-refractivity contribution in [2.24, 2.45) is 0 Å². The van der Waals surface area contributed by atoms with Crippen molar-refractivity contribution in [1.82, 2.24) is 4.90 Å². The number of thiophene rings is 1. The molecular weight excluding hydrogens is 426 g/mol. The lowest BCUT2D eigenvalue weighted by Gasteiger charge is -2.26. The van der Waals surface area contributed by atoms with Gasteiger partial charge < -0.3 is 19.5 Å². The lowest BCUT2D eigenvalue weighted by molar-refractivity contribution is -0.140. The van der Waals surface area contributed by atoms with Gasteiger partial charge in [-0.3, -0.25) is 9.59 Å². The summed E-state index contributed by atoms with van der Waals surface area (Å²) in [5.41, 5.74) is 1.88. The molecule has 1 N–H and O–H groups in total. The number of carbonyl (C=O) groups is 2. The monoisotopic (exact) mass is 449 g/mol. The third-order valence-electron chi connectivity index (χ3n) is 5.49. The van der Waals surface area contributed by atoms with Gasteiger partial charge in [0.05, 0.1) is 37.9 Å². The molecule has 3 aromatic rings. The number of Topliss-reactive ketones (excluding diaryl/α,β-unsaturated/α-hetero) is 1. The van der Waals surface area contributed by atoms with E-state index in [0.29, 0.717) is 22.6 Å². The van der Waals surface area contributed by atoms with Crippen molar-refractivity contribution in [3.63, 3.8) is 0 Å². The molecule has 0 aliphatic carbocycles. The fourth-order valence-electron chi connectivity index (χ4n) is 3.98. The maximum absolute atomic E-state index is 13.2. The molecule has 1 atom stereocenters. The molecule has 1 aliphatic rings. The number of ketones is 1. The van der Waals surface area contributed by atoms with E-state index in [1.807, 2.05) is 42.6 Å². The highest BCUT2D eigenvalue weighted by atomic mass is 32.1. The van der Waals surface area contributed by atoms with Crippen LogP contribution >= 0.6 is 11.3 Å². The highest BCUT2D eigenvalue weighted by molar-refractivity contribution is 7.09. The van der Waals surface area contributed by atoms with Crippen molar-refractivity contribution >= 4 is 28.8 Å². The number of hydrogen-bond acceptors (Lipinski definition) is 6. The summed E-state index contributed by atoms with van der Waals surface area (Å²) in [4.78, 5) is 28.8. The number of amides is 1.